The van der Waals surface area contributed by atoms with Gasteiger partial charge in [0, 0.05) is 45.1 Å². The number of likely N-dealkylation sites (tertiary alicyclic amines) is 2. The zero-order valence-corrected chi connectivity index (χ0v) is 16.4. The molecular formula is C21H32N2O3. The number of nitrogens with zero attached hydrogens (tertiary/aromatic N) is 2. The minimum atomic E-state index is 0.191. The van der Waals surface area contributed by atoms with Crippen LogP contribution in [0.2, 0.25) is 0 Å². The Kier molecular flexibility index (Phi) is 6.20. The molecule has 0 N–H and O–H groups in total. The summed E-state index contributed by atoms with van der Waals surface area (Å²) in [5.41, 5.74) is 1.48. The van der Waals surface area contributed by atoms with Gasteiger partial charge in [0.1, 0.15) is 5.75 Å². The first-order valence-electron chi connectivity index (χ1n) is 9.75. The Balaban J connectivity index is 1.64. The van der Waals surface area contributed by atoms with E-state index in [9.17, 15) is 4.79 Å². The number of carbonyl (C=O) groups is 1. The molecule has 1 aromatic rings. The Hall–Kier alpha value is -1.59. The fourth-order valence-electron chi connectivity index (χ4n) is 4.60. The molecule has 1 amide bonds. The zero-order chi connectivity index (χ0) is 18.6. The number of benzene rings is 1. The fraction of sp³-hybridized carbons (Fsp3) is 0.667. The molecule has 2 fully saturated rings. The number of piperidine rings is 1. The molecule has 5 heteroatoms. The highest BCUT2D eigenvalue weighted by molar-refractivity contribution is 5.73. The van der Waals surface area contributed by atoms with Crippen molar-refractivity contribution in [2.24, 2.45) is 11.3 Å². The molecule has 5 nitrogen and oxygen atoms in total. The van der Waals surface area contributed by atoms with Crippen LogP contribution in [0.25, 0.3) is 0 Å². The van der Waals surface area contributed by atoms with Crippen molar-refractivity contribution in [2.75, 3.05) is 46.5 Å². The Morgan fingerprint density at radius 2 is 2.00 bits per heavy atom. The van der Waals surface area contributed by atoms with E-state index in [2.05, 4.69) is 23.1 Å². The first-order chi connectivity index (χ1) is 12.6. The monoisotopic (exact) mass is 360 g/mol. The van der Waals surface area contributed by atoms with Gasteiger partial charge < -0.3 is 14.4 Å². The minimum Gasteiger partial charge on any atom is -0.494 e. The number of amides is 1. The lowest BCUT2D eigenvalue weighted by molar-refractivity contribution is -0.128. The lowest BCUT2D eigenvalue weighted by Gasteiger charge is -2.42. The average Bonchev–Trinajstić information content (AvgIpc) is 2.98. The van der Waals surface area contributed by atoms with Gasteiger partial charge in [-0.3, -0.25) is 9.69 Å². The summed E-state index contributed by atoms with van der Waals surface area (Å²) in [5.74, 6) is 1.64. The molecule has 3 rings (SSSR count). The van der Waals surface area contributed by atoms with Gasteiger partial charge in [0.15, 0.2) is 0 Å². The summed E-state index contributed by atoms with van der Waals surface area (Å²) in [4.78, 5) is 16.4. The van der Waals surface area contributed by atoms with Crippen LogP contribution >= 0.6 is 0 Å². The van der Waals surface area contributed by atoms with Crippen LogP contribution < -0.4 is 4.74 Å². The van der Waals surface area contributed by atoms with E-state index in [1.807, 2.05) is 17.9 Å². The van der Waals surface area contributed by atoms with Crippen molar-refractivity contribution in [3.8, 4) is 5.75 Å². The molecule has 2 saturated heterocycles. The number of carbonyl (C=O) groups excluding carboxylic acids is 1. The molecular weight excluding hydrogens is 328 g/mol. The predicted molar refractivity (Wildman–Crippen MR) is 102 cm³/mol. The summed E-state index contributed by atoms with van der Waals surface area (Å²) in [6.07, 6.45) is 2.25. The van der Waals surface area contributed by atoms with Crippen molar-refractivity contribution in [1.82, 2.24) is 9.80 Å². The summed E-state index contributed by atoms with van der Waals surface area (Å²) in [5, 5.41) is 0. The molecule has 0 bridgehead atoms. The van der Waals surface area contributed by atoms with Gasteiger partial charge >= 0.3 is 0 Å². The fourth-order valence-corrected chi connectivity index (χ4v) is 4.60. The van der Waals surface area contributed by atoms with Crippen LogP contribution in [0.4, 0.5) is 0 Å². The van der Waals surface area contributed by atoms with Crippen LogP contribution in [0, 0.1) is 11.3 Å². The molecule has 0 radical (unpaired) electrons. The molecule has 2 aliphatic rings. The molecule has 144 valence electrons. The SMILES string of the molecule is CCOc1ccccc1CN1CCC2(CC1)CN(C(C)=O)CC2COC. The van der Waals surface area contributed by atoms with Gasteiger partial charge in [-0.05, 0) is 44.3 Å². The van der Waals surface area contributed by atoms with Crippen LogP contribution in [0.3, 0.4) is 0 Å². The van der Waals surface area contributed by atoms with Gasteiger partial charge in [0.2, 0.25) is 5.91 Å². The average molecular weight is 360 g/mol. The standard InChI is InChI=1S/C21H32N2O3/c1-4-26-20-8-6-5-7-18(20)13-22-11-9-21(10-12-22)16-23(17(2)24)14-19(21)15-25-3/h5-8,19H,4,9-16H2,1-3H3. The number of hydrogen-bond donors (Lipinski definition) is 0. The van der Waals surface area contributed by atoms with Gasteiger partial charge in [-0.25, -0.2) is 0 Å². The highest BCUT2D eigenvalue weighted by atomic mass is 16.5. The maximum atomic E-state index is 11.9. The van der Waals surface area contributed by atoms with Crippen LogP contribution in [-0.4, -0.2) is 62.2 Å². The largest absolute Gasteiger partial charge is 0.494 e. The van der Waals surface area contributed by atoms with Gasteiger partial charge in [0.05, 0.1) is 13.2 Å². The summed E-state index contributed by atoms with van der Waals surface area (Å²) < 4.78 is 11.3. The van der Waals surface area contributed by atoms with Gasteiger partial charge in [-0.1, -0.05) is 18.2 Å². The van der Waals surface area contributed by atoms with Gasteiger partial charge in [0.25, 0.3) is 0 Å². The number of hydrogen-bond acceptors (Lipinski definition) is 4. The van der Waals surface area contributed by atoms with E-state index in [4.69, 9.17) is 9.47 Å². The van der Waals surface area contributed by atoms with E-state index in [-0.39, 0.29) is 11.3 Å². The molecule has 1 spiro atoms. The Labute approximate surface area is 157 Å². The van der Waals surface area contributed by atoms with Crippen molar-refractivity contribution in [1.29, 1.82) is 0 Å². The highest BCUT2D eigenvalue weighted by Gasteiger charge is 2.48. The highest BCUT2D eigenvalue weighted by Crippen LogP contribution is 2.45. The zero-order valence-electron chi connectivity index (χ0n) is 16.4. The topological polar surface area (TPSA) is 42.0 Å². The van der Waals surface area contributed by atoms with Crippen molar-refractivity contribution < 1.29 is 14.3 Å². The maximum Gasteiger partial charge on any atom is 0.219 e. The summed E-state index contributed by atoms with van der Waals surface area (Å²) in [6, 6.07) is 8.33. The van der Waals surface area contributed by atoms with E-state index in [0.29, 0.717) is 12.5 Å². The second-order valence-electron chi connectivity index (χ2n) is 7.73. The summed E-state index contributed by atoms with van der Waals surface area (Å²) in [6.45, 7) is 9.93. The molecule has 1 unspecified atom stereocenters. The molecule has 0 saturated carbocycles. The Morgan fingerprint density at radius 3 is 2.65 bits per heavy atom. The third kappa shape index (κ3) is 4.04. The van der Waals surface area contributed by atoms with E-state index >= 15 is 0 Å². The first-order valence-corrected chi connectivity index (χ1v) is 9.75. The molecule has 26 heavy (non-hydrogen) atoms. The van der Waals surface area contributed by atoms with E-state index in [0.717, 1.165) is 57.9 Å². The lowest BCUT2D eigenvalue weighted by Crippen LogP contribution is -2.45. The van der Waals surface area contributed by atoms with Gasteiger partial charge in [-0.2, -0.15) is 0 Å². The van der Waals surface area contributed by atoms with E-state index in [1.54, 1.807) is 14.0 Å². The number of methoxy groups -OCH3 is 1. The third-order valence-electron chi connectivity index (χ3n) is 6.14. The smallest absolute Gasteiger partial charge is 0.219 e. The van der Waals surface area contributed by atoms with Crippen molar-refractivity contribution in [3.63, 3.8) is 0 Å². The normalized spacial score (nSPS) is 22.7. The molecule has 0 aliphatic carbocycles. The minimum absolute atomic E-state index is 0.191. The third-order valence-corrected chi connectivity index (χ3v) is 6.14. The summed E-state index contributed by atoms with van der Waals surface area (Å²) >= 11 is 0. The Morgan fingerprint density at radius 1 is 1.27 bits per heavy atom. The lowest BCUT2D eigenvalue weighted by atomic mass is 9.71. The first kappa shape index (κ1) is 19.2. The summed E-state index contributed by atoms with van der Waals surface area (Å²) in [7, 11) is 1.77. The van der Waals surface area contributed by atoms with Crippen molar-refractivity contribution in [3.05, 3.63) is 29.8 Å². The second kappa shape index (κ2) is 8.40. The molecule has 1 atom stereocenters. The van der Waals surface area contributed by atoms with Crippen LogP contribution in [0.1, 0.15) is 32.3 Å². The Bertz CT molecular complexity index is 611. The number of ether oxygens (including phenoxy) is 2. The quantitative estimate of drug-likeness (QED) is 0.782. The van der Waals surface area contributed by atoms with Crippen molar-refractivity contribution >= 4 is 5.91 Å². The number of para-hydroxylation sites is 1. The maximum absolute atomic E-state index is 11.9. The molecule has 1 aromatic carbocycles. The van der Waals surface area contributed by atoms with Crippen LogP contribution in [-0.2, 0) is 16.1 Å². The molecule has 2 heterocycles. The van der Waals surface area contributed by atoms with E-state index < -0.39 is 0 Å². The van der Waals surface area contributed by atoms with Crippen LogP contribution in [0.15, 0.2) is 24.3 Å². The predicted octanol–water partition coefficient (Wildman–Crippen LogP) is 2.79. The van der Waals surface area contributed by atoms with Gasteiger partial charge in [-0.15, -0.1) is 0 Å². The molecule has 2 aliphatic heterocycles. The second-order valence-corrected chi connectivity index (χ2v) is 7.73. The number of rotatable bonds is 6. The van der Waals surface area contributed by atoms with E-state index in [1.165, 1.54) is 5.56 Å². The van der Waals surface area contributed by atoms with Crippen LogP contribution in [0.5, 0.6) is 5.75 Å². The molecule has 0 aromatic heterocycles. The van der Waals surface area contributed by atoms with Crippen molar-refractivity contribution in [2.45, 2.75) is 33.2 Å².